The van der Waals surface area contributed by atoms with Crippen LogP contribution in [-0.2, 0) is 4.74 Å². The molecule has 0 radical (unpaired) electrons. The Bertz CT molecular complexity index is 145. The van der Waals surface area contributed by atoms with Gasteiger partial charge in [0.2, 0.25) is 0 Å². The van der Waals surface area contributed by atoms with E-state index in [0.717, 1.165) is 13.1 Å². The summed E-state index contributed by atoms with van der Waals surface area (Å²) in [6, 6.07) is 0.544. The molecular formula is C9H19NO2. The highest BCUT2D eigenvalue weighted by atomic mass is 16.6. The number of hydrogen-bond acceptors (Lipinski definition) is 3. The average molecular weight is 173 g/mol. The van der Waals surface area contributed by atoms with Crippen molar-refractivity contribution < 1.29 is 9.84 Å². The van der Waals surface area contributed by atoms with Crippen LogP contribution in [0.2, 0.25) is 0 Å². The second-order valence-corrected chi connectivity index (χ2v) is 3.90. The van der Waals surface area contributed by atoms with Crippen molar-refractivity contribution >= 4 is 0 Å². The molecule has 1 heterocycles. The zero-order chi connectivity index (χ0) is 9.19. The van der Waals surface area contributed by atoms with Gasteiger partial charge in [-0.05, 0) is 20.8 Å². The fourth-order valence-corrected chi connectivity index (χ4v) is 1.43. The van der Waals surface area contributed by atoms with Gasteiger partial charge in [0, 0.05) is 25.6 Å². The Morgan fingerprint density at radius 1 is 1.42 bits per heavy atom. The normalized spacial score (nSPS) is 33.8. The minimum atomic E-state index is -0.913. The highest BCUT2D eigenvalue weighted by Gasteiger charge is 2.26. The van der Waals surface area contributed by atoms with Crippen molar-refractivity contribution in [3.8, 4) is 0 Å². The zero-order valence-corrected chi connectivity index (χ0v) is 8.21. The SMILES string of the molecule is CC(C)N1CCOC(C)(O)CC1. The molecule has 0 aromatic carbocycles. The highest BCUT2D eigenvalue weighted by Crippen LogP contribution is 2.16. The molecule has 1 fully saturated rings. The third-order valence-electron chi connectivity index (χ3n) is 2.38. The molecule has 1 rings (SSSR count). The third kappa shape index (κ3) is 2.73. The molecule has 0 aromatic rings. The standard InChI is InChI=1S/C9H19NO2/c1-8(2)10-5-4-9(3,11)12-7-6-10/h8,11H,4-7H2,1-3H3. The molecule has 0 aliphatic carbocycles. The second kappa shape index (κ2) is 3.73. The molecule has 3 heteroatoms. The van der Waals surface area contributed by atoms with Crippen LogP contribution in [0.5, 0.6) is 0 Å². The largest absolute Gasteiger partial charge is 0.366 e. The third-order valence-corrected chi connectivity index (χ3v) is 2.38. The maximum atomic E-state index is 9.61. The van der Waals surface area contributed by atoms with E-state index in [1.165, 1.54) is 0 Å². The number of rotatable bonds is 1. The molecule has 0 amide bonds. The van der Waals surface area contributed by atoms with Gasteiger partial charge >= 0.3 is 0 Å². The predicted octanol–water partition coefficient (Wildman–Crippen LogP) is 0.826. The van der Waals surface area contributed by atoms with E-state index in [9.17, 15) is 5.11 Å². The van der Waals surface area contributed by atoms with Gasteiger partial charge in [-0.2, -0.15) is 0 Å². The van der Waals surface area contributed by atoms with Gasteiger partial charge in [-0.25, -0.2) is 0 Å². The molecule has 0 aromatic heterocycles. The van der Waals surface area contributed by atoms with Crippen LogP contribution in [0, 0.1) is 0 Å². The molecule has 1 saturated heterocycles. The fourth-order valence-electron chi connectivity index (χ4n) is 1.43. The minimum absolute atomic E-state index is 0.544. The maximum Gasteiger partial charge on any atom is 0.163 e. The smallest absolute Gasteiger partial charge is 0.163 e. The van der Waals surface area contributed by atoms with Crippen molar-refractivity contribution in [2.24, 2.45) is 0 Å². The molecule has 1 unspecified atom stereocenters. The fraction of sp³-hybridized carbons (Fsp3) is 1.00. The van der Waals surface area contributed by atoms with Gasteiger partial charge in [0.05, 0.1) is 6.61 Å². The molecule has 1 atom stereocenters. The molecule has 3 nitrogen and oxygen atoms in total. The monoisotopic (exact) mass is 173 g/mol. The average Bonchev–Trinajstić information content (AvgIpc) is 2.10. The molecule has 1 N–H and O–H groups in total. The van der Waals surface area contributed by atoms with Gasteiger partial charge in [-0.15, -0.1) is 0 Å². The van der Waals surface area contributed by atoms with Crippen molar-refractivity contribution in [3.05, 3.63) is 0 Å². The number of nitrogens with zero attached hydrogens (tertiary/aromatic N) is 1. The summed E-state index contributed by atoms with van der Waals surface area (Å²) < 4.78 is 5.28. The first-order valence-corrected chi connectivity index (χ1v) is 4.62. The summed E-state index contributed by atoms with van der Waals surface area (Å²) in [5, 5.41) is 9.61. The Morgan fingerprint density at radius 3 is 2.67 bits per heavy atom. The summed E-state index contributed by atoms with van der Waals surface area (Å²) in [7, 11) is 0. The summed E-state index contributed by atoms with van der Waals surface area (Å²) in [6.45, 7) is 8.54. The maximum absolute atomic E-state index is 9.61. The summed E-state index contributed by atoms with van der Waals surface area (Å²) in [5.41, 5.74) is 0. The summed E-state index contributed by atoms with van der Waals surface area (Å²) in [4.78, 5) is 2.32. The van der Waals surface area contributed by atoms with Gasteiger partial charge in [0.15, 0.2) is 5.79 Å². The Kier molecular flexibility index (Phi) is 3.09. The van der Waals surface area contributed by atoms with Gasteiger partial charge < -0.3 is 9.84 Å². The van der Waals surface area contributed by atoms with Crippen LogP contribution in [-0.4, -0.2) is 41.5 Å². The van der Waals surface area contributed by atoms with Gasteiger partial charge in [0.1, 0.15) is 0 Å². The molecular weight excluding hydrogens is 154 g/mol. The molecule has 12 heavy (non-hydrogen) atoms. The first-order chi connectivity index (χ1) is 5.51. The van der Waals surface area contributed by atoms with Gasteiger partial charge in [0.25, 0.3) is 0 Å². The number of aliphatic hydroxyl groups is 1. The van der Waals surface area contributed by atoms with E-state index in [-0.39, 0.29) is 0 Å². The summed E-state index contributed by atoms with van der Waals surface area (Å²) in [6.07, 6.45) is 0.700. The van der Waals surface area contributed by atoms with Crippen LogP contribution in [0.15, 0.2) is 0 Å². The van der Waals surface area contributed by atoms with Crippen molar-refractivity contribution in [1.29, 1.82) is 0 Å². The lowest BCUT2D eigenvalue weighted by molar-refractivity contribution is -0.184. The first kappa shape index (κ1) is 9.96. The van der Waals surface area contributed by atoms with Crippen LogP contribution in [0.4, 0.5) is 0 Å². The van der Waals surface area contributed by atoms with Crippen LogP contribution >= 0.6 is 0 Å². The Hall–Kier alpha value is -0.120. The van der Waals surface area contributed by atoms with Crippen LogP contribution in [0.3, 0.4) is 0 Å². The lowest BCUT2D eigenvalue weighted by Gasteiger charge is -2.24. The van der Waals surface area contributed by atoms with E-state index < -0.39 is 5.79 Å². The quantitative estimate of drug-likeness (QED) is 0.637. The molecule has 1 aliphatic rings. The Morgan fingerprint density at radius 2 is 2.08 bits per heavy atom. The zero-order valence-electron chi connectivity index (χ0n) is 8.21. The van der Waals surface area contributed by atoms with E-state index >= 15 is 0 Å². The van der Waals surface area contributed by atoms with Crippen LogP contribution < -0.4 is 0 Å². The summed E-state index contributed by atoms with van der Waals surface area (Å²) >= 11 is 0. The van der Waals surface area contributed by atoms with Crippen molar-refractivity contribution in [3.63, 3.8) is 0 Å². The van der Waals surface area contributed by atoms with Crippen LogP contribution in [0.1, 0.15) is 27.2 Å². The molecule has 72 valence electrons. The molecule has 0 bridgehead atoms. The molecule has 1 aliphatic heterocycles. The van der Waals surface area contributed by atoms with Crippen molar-refractivity contribution in [2.45, 2.75) is 39.0 Å². The van der Waals surface area contributed by atoms with Gasteiger partial charge in [-0.3, -0.25) is 4.90 Å². The van der Waals surface area contributed by atoms with Gasteiger partial charge in [-0.1, -0.05) is 0 Å². The second-order valence-electron chi connectivity index (χ2n) is 3.90. The summed E-state index contributed by atoms with van der Waals surface area (Å²) in [5.74, 6) is -0.913. The topological polar surface area (TPSA) is 32.7 Å². The predicted molar refractivity (Wildman–Crippen MR) is 47.9 cm³/mol. The number of hydrogen-bond donors (Lipinski definition) is 1. The van der Waals surface area contributed by atoms with E-state index in [1.807, 2.05) is 0 Å². The molecule has 0 saturated carbocycles. The Balaban J connectivity index is 2.45. The highest BCUT2D eigenvalue weighted by molar-refractivity contribution is 4.72. The Labute approximate surface area is 74.3 Å². The van der Waals surface area contributed by atoms with Crippen molar-refractivity contribution in [1.82, 2.24) is 4.90 Å². The van der Waals surface area contributed by atoms with E-state index in [0.29, 0.717) is 19.1 Å². The van der Waals surface area contributed by atoms with E-state index in [2.05, 4.69) is 18.7 Å². The minimum Gasteiger partial charge on any atom is -0.366 e. The van der Waals surface area contributed by atoms with E-state index in [4.69, 9.17) is 4.74 Å². The van der Waals surface area contributed by atoms with E-state index in [1.54, 1.807) is 6.92 Å². The molecule has 0 spiro atoms. The van der Waals surface area contributed by atoms with Crippen molar-refractivity contribution in [2.75, 3.05) is 19.7 Å². The lowest BCUT2D eigenvalue weighted by atomic mass is 10.2. The number of ether oxygens (including phenoxy) is 1. The van der Waals surface area contributed by atoms with Crippen LogP contribution in [0.25, 0.3) is 0 Å². The lowest BCUT2D eigenvalue weighted by Crippen LogP contribution is -2.33. The first-order valence-electron chi connectivity index (χ1n) is 4.62.